The number of carboxylic acid groups (broad SMARTS) is 1. The Morgan fingerprint density at radius 2 is 1.96 bits per heavy atom. The molecule has 0 saturated heterocycles. The van der Waals surface area contributed by atoms with E-state index in [1.807, 2.05) is 24.3 Å². The quantitative estimate of drug-likeness (QED) is 0.609. The Balaban J connectivity index is 2.37. The van der Waals surface area contributed by atoms with Crippen LogP contribution in [0.5, 0.6) is 5.75 Å². The summed E-state index contributed by atoms with van der Waals surface area (Å²) in [6, 6.07) is 11.5. The zero-order chi connectivity index (χ0) is 17.0. The standard InChI is InChI=1S/C16H14BrNO5/c1-23-15-7-4-11(9-14(15)18(21)22)13(16(19)20)8-10-2-5-12(17)6-3-10/h2-7,9,13H,8H2,1H3,(H,19,20). The molecule has 1 N–H and O–H groups in total. The van der Waals surface area contributed by atoms with Crippen molar-refractivity contribution in [2.45, 2.75) is 12.3 Å². The van der Waals surface area contributed by atoms with E-state index in [9.17, 15) is 20.0 Å². The third-order valence-corrected chi connectivity index (χ3v) is 3.98. The summed E-state index contributed by atoms with van der Waals surface area (Å²) in [4.78, 5) is 22.1. The first-order valence-electron chi connectivity index (χ1n) is 6.72. The lowest BCUT2D eigenvalue weighted by Crippen LogP contribution is -2.15. The Labute approximate surface area is 141 Å². The van der Waals surface area contributed by atoms with Gasteiger partial charge < -0.3 is 9.84 Å². The summed E-state index contributed by atoms with van der Waals surface area (Å²) in [6.07, 6.45) is 0.242. The molecule has 0 aliphatic heterocycles. The Morgan fingerprint density at radius 1 is 1.30 bits per heavy atom. The fourth-order valence-electron chi connectivity index (χ4n) is 2.27. The summed E-state index contributed by atoms with van der Waals surface area (Å²) >= 11 is 3.32. The molecule has 0 fully saturated rings. The topological polar surface area (TPSA) is 89.7 Å². The molecule has 0 heterocycles. The molecule has 0 spiro atoms. The minimum atomic E-state index is -1.03. The predicted octanol–water partition coefficient (Wildman–Crippen LogP) is 3.78. The molecule has 0 radical (unpaired) electrons. The smallest absolute Gasteiger partial charge is 0.311 e. The van der Waals surface area contributed by atoms with Crippen molar-refractivity contribution in [3.05, 3.63) is 68.2 Å². The molecule has 0 bridgehead atoms. The number of halogens is 1. The largest absolute Gasteiger partial charge is 0.490 e. The number of nitro groups is 1. The number of benzene rings is 2. The molecule has 0 amide bonds. The second-order valence-electron chi connectivity index (χ2n) is 4.91. The number of carboxylic acids is 1. The van der Waals surface area contributed by atoms with E-state index in [-0.39, 0.29) is 17.9 Å². The van der Waals surface area contributed by atoms with Crippen LogP contribution in [0.2, 0.25) is 0 Å². The van der Waals surface area contributed by atoms with Crippen molar-refractivity contribution in [3.63, 3.8) is 0 Å². The molecule has 1 atom stereocenters. The van der Waals surface area contributed by atoms with Crippen LogP contribution >= 0.6 is 15.9 Å². The van der Waals surface area contributed by atoms with Crippen molar-refractivity contribution in [1.82, 2.24) is 0 Å². The number of nitro benzene ring substituents is 1. The van der Waals surface area contributed by atoms with Crippen LogP contribution in [0.4, 0.5) is 5.69 Å². The molecule has 2 aromatic rings. The molecule has 0 aliphatic rings. The lowest BCUT2D eigenvalue weighted by atomic mass is 9.91. The van der Waals surface area contributed by atoms with E-state index in [1.54, 1.807) is 6.07 Å². The number of methoxy groups -OCH3 is 1. The van der Waals surface area contributed by atoms with Gasteiger partial charge in [-0.05, 0) is 35.7 Å². The molecule has 0 aliphatic carbocycles. The third kappa shape index (κ3) is 4.07. The van der Waals surface area contributed by atoms with Gasteiger partial charge in [-0.3, -0.25) is 14.9 Å². The SMILES string of the molecule is COc1ccc(C(Cc2ccc(Br)cc2)C(=O)O)cc1[N+](=O)[O-]. The van der Waals surface area contributed by atoms with Crippen LogP contribution in [0.25, 0.3) is 0 Å². The Morgan fingerprint density at radius 3 is 2.48 bits per heavy atom. The van der Waals surface area contributed by atoms with Crippen molar-refractivity contribution in [2.75, 3.05) is 7.11 Å². The van der Waals surface area contributed by atoms with Gasteiger partial charge in [0, 0.05) is 10.5 Å². The lowest BCUT2D eigenvalue weighted by Gasteiger charge is -2.14. The maximum atomic E-state index is 11.6. The van der Waals surface area contributed by atoms with Crippen molar-refractivity contribution < 1.29 is 19.6 Å². The fourth-order valence-corrected chi connectivity index (χ4v) is 2.53. The van der Waals surface area contributed by atoms with Crippen molar-refractivity contribution in [2.24, 2.45) is 0 Å². The van der Waals surface area contributed by atoms with Gasteiger partial charge in [-0.25, -0.2) is 0 Å². The molecule has 2 aromatic carbocycles. The summed E-state index contributed by atoms with van der Waals surface area (Å²) in [7, 11) is 1.33. The van der Waals surface area contributed by atoms with Gasteiger partial charge >= 0.3 is 11.7 Å². The first-order valence-corrected chi connectivity index (χ1v) is 7.51. The fraction of sp³-hybridized carbons (Fsp3) is 0.188. The highest BCUT2D eigenvalue weighted by Crippen LogP contribution is 2.32. The van der Waals surface area contributed by atoms with Crippen molar-refractivity contribution >= 4 is 27.6 Å². The number of nitrogens with zero attached hydrogens (tertiary/aromatic N) is 1. The van der Waals surface area contributed by atoms with Crippen molar-refractivity contribution in [1.29, 1.82) is 0 Å². The summed E-state index contributed by atoms with van der Waals surface area (Å²) in [5.74, 6) is -1.81. The Bertz CT molecular complexity index is 730. The van der Waals surface area contributed by atoms with Gasteiger partial charge in [-0.15, -0.1) is 0 Å². The third-order valence-electron chi connectivity index (χ3n) is 3.45. The highest BCUT2D eigenvalue weighted by atomic mass is 79.9. The molecule has 2 rings (SSSR count). The summed E-state index contributed by atoms with van der Waals surface area (Å²) in [5, 5.41) is 20.6. The average molecular weight is 380 g/mol. The van der Waals surface area contributed by atoms with E-state index in [1.165, 1.54) is 19.2 Å². The highest BCUT2D eigenvalue weighted by Gasteiger charge is 2.24. The molecular formula is C16H14BrNO5. The van der Waals surface area contributed by atoms with E-state index in [0.717, 1.165) is 10.0 Å². The maximum Gasteiger partial charge on any atom is 0.311 e. The Kier molecular flexibility index (Phi) is 5.33. The molecular weight excluding hydrogens is 366 g/mol. The van der Waals surface area contributed by atoms with Crippen LogP contribution in [0.3, 0.4) is 0 Å². The van der Waals surface area contributed by atoms with Crippen LogP contribution in [-0.4, -0.2) is 23.1 Å². The minimum absolute atomic E-state index is 0.103. The first kappa shape index (κ1) is 17.0. The van der Waals surface area contributed by atoms with Crippen LogP contribution in [0.15, 0.2) is 46.9 Å². The molecule has 120 valence electrons. The molecule has 0 saturated carbocycles. The zero-order valence-electron chi connectivity index (χ0n) is 12.2. The number of rotatable bonds is 6. The van der Waals surface area contributed by atoms with Gasteiger partial charge in [-0.2, -0.15) is 0 Å². The number of ether oxygens (including phenoxy) is 1. The molecule has 1 unspecified atom stereocenters. The van der Waals surface area contributed by atoms with E-state index >= 15 is 0 Å². The second kappa shape index (κ2) is 7.23. The monoisotopic (exact) mass is 379 g/mol. The highest BCUT2D eigenvalue weighted by molar-refractivity contribution is 9.10. The zero-order valence-corrected chi connectivity index (χ0v) is 13.8. The van der Waals surface area contributed by atoms with E-state index in [2.05, 4.69) is 15.9 Å². The average Bonchev–Trinajstić information content (AvgIpc) is 2.53. The van der Waals surface area contributed by atoms with Crippen LogP contribution in [0, 0.1) is 10.1 Å². The lowest BCUT2D eigenvalue weighted by molar-refractivity contribution is -0.385. The van der Waals surface area contributed by atoms with Gasteiger partial charge in [0.2, 0.25) is 0 Å². The maximum absolute atomic E-state index is 11.6. The first-order chi connectivity index (χ1) is 10.9. The van der Waals surface area contributed by atoms with Gasteiger partial charge in [0.15, 0.2) is 5.75 Å². The van der Waals surface area contributed by atoms with E-state index in [0.29, 0.717) is 5.56 Å². The summed E-state index contributed by atoms with van der Waals surface area (Å²) in [5.41, 5.74) is 0.957. The van der Waals surface area contributed by atoms with Crippen molar-refractivity contribution in [3.8, 4) is 5.75 Å². The number of carbonyl (C=O) groups is 1. The Hall–Kier alpha value is -2.41. The summed E-state index contributed by atoms with van der Waals surface area (Å²) in [6.45, 7) is 0. The number of aliphatic carboxylic acids is 1. The van der Waals surface area contributed by atoms with Gasteiger partial charge in [0.1, 0.15) is 0 Å². The van der Waals surface area contributed by atoms with Crippen LogP contribution in [0.1, 0.15) is 17.0 Å². The molecule has 6 nitrogen and oxygen atoms in total. The van der Waals surface area contributed by atoms with Crippen LogP contribution < -0.4 is 4.74 Å². The molecule has 23 heavy (non-hydrogen) atoms. The predicted molar refractivity (Wildman–Crippen MR) is 87.9 cm³/mol. The second-order valence-corrected chi connectivity index (χ2v) is 5.83. The molecule has 0 aromatic heterocycles. The van der Waals surface area contributed by atoms with Crippen LogP contribution in [-0.2, 0) is 11.2 Å². The number of hydrogen-bond donors (Lipinski definition) is 1. The van der Waals surface area contributed by atoms with Gasteiger partial charge in [0.05, 0.1) is 18.0 Å². The minimum Gasteiger partial charge on any atom is -0.490 e. The number of hydrogen-bond acceptors (Lipinski definition) is 4. The van der Waals surface area contributed by atoms with Gasteiger partial charge in [0.25, 0.3) is 0 Å². The van der Waals surface area contributed by atoms with E-state index < -0.39 is 16.8 Å². The molecule has 7 heteroatoms. The summed E-state index contributed by atoms with van der Waals surface area (Å²) < 4.78 is 5.84. The van der Waals surface area contributed by atoms with E-state index in [4.69, 9.17) is 4.74 Å². The van der Waals surface area contributed by atoms with Gasteiger partial charge in [-0.1, -0.05) is 34.1 Å². The normalized spacial score (nSPS) is 11.7.